The van der Waals surface area contributed by atoms with E-state index in [0.29, 0.717) is 56.7 Å². The molecule has 1 saturated heterocycles. The number of benzene rings is 1. The van der Waals surface area contributed by atoms with E-state index in [1.165, 1.54) is 0 Å². The number of hydrogen-bond acceptors (Lipinski definition) is 7. The van der Waals surface area contributed by atoms with Crippen molar-refractivity contribution in [3.8, 4) is 0 Å². The second-order valence-electron chi connectivity index (χ2n) is 9.49. The maximum atomic E-state index is 13.2. The van der Waals surface area contributed by atoms with Gasteiger partial charge in [0.1, 0.15) is 11.5 Å². The predicted molar refractivity (Wildman–Crippen MR) is 135 cm³/mol. The first-order chi connectivity index (χ1) is 16.8. The minimum absolute atomic E-state index is 0.0660. The molecule has 1 fully saturated rings. The summed E-state index contributed by atoms with van der Waals surface area (Å²) >= 11 is 0. The molecule has 0 unspecified atom stereocenters. The topological polar surface area (TPSA) is 94.6 Å². The molecule has 9 nitrogen and oxygen atoms in total. The van der Waals surface area contributed by atoms with Gasteiger partial charge < -0.3 is 20.0 Å². The number of hydrogen-bond donors (Lipinski definition) is 1. The van der Waals surface area contributed by atoms with Gasteiger partial charge in [0.15, 0.2) is 0 Å². The quantitative estimate of drug-likeness (QED) is 0.609. The van der Waals surface area contributed by atoms with E-state index in [4.69, 9.17) is 15.0 Å². The molecule has 2 aliphatic heterocycles. The Bertz CT molecular complexity index is 1300. The molecule has 9 heteroatoms. The summed E-state index contributed by atoms with van der Waals surface area (Å²) in [6, 6.07) is 10.4. The number of aromatic nitrogens is 3. The summed E-state index contributed by atoms with van der Waals surface area (Å²) in [6.45, 7) is 11.1. The summed E-state index contributed by atoms with van der Waals surface area (Å²) < 4.78 is 0. The number of fused-ring (bicyclic) bond motifs is 2. The zero-order valence-electron chi connectivity index (χ0n) is 20.7. The normalized spacial score (nSPS) is 15.8. The summed E-state index contributed by atoms with van der Waals surface area (Å²) in [5.74, 6) is 1.20. The molecule has 1 aromatic carbocycles. The van der Waals surface area contributed by atoms with Crippen LogP contribution in [0.2, 0.25) is 0 Å². The van der Waals surface area contributed by atoms with Gasteiger partial charge in [0.25, 0.3) is 5.91 Å². The van der Waals surface area contributed by atoms with Gasteiger partial charge in [0.05, 0.1) is 18.8 Å². The number of rotatable bonds is 5. The smallest absolute Gasteiger partial charge is 0.273 e. The van der Waals surface area contributed by atoms with E-state index >= 15 is 0 Å². The van der Waals surface area contributed by atoms with Crippen molar-refractivity contribution in [3.05, 3.63) is 53.0 Å². The molecular formula is C26H31N7O2. The Balaban J connectivity index is 1.45. The van der Waals surface area contributed by atoms with Crippen LogP contribution in [0.1, 0.15) is 48.2 Å². The van der Waals surface area contributed by atoms with E-state index in [1.807, 2.05) is 42.7 Å². The molecule has 35 heavy (non-hydrogen) atoms. The fourth-order valence-electron chi connectivity index (χ4n) is 4.81. The van der Waals surface area contributed by atoms with Crippen molar-refractivity contribution >= 4 is 34.4 Å². The van der Waals surface area contributed by atoms with Gasteiger partial charge in [-0.25, -0.2) is 4.98 Å². The molecule has 1 N–H and O–H groups in total. The fraction of sp³-hybridized carbons (Fsp3) is 0.423. The molecule has 0 spiro atoms. The number of carbonyl (C=O) groups is 2. The van der Waals surface area contributed by atoms with Crippen LogP contribution in [0.25, 0.3) is 10.8 Å². The van der Waals surface area contributed by atoms with Gasteiger partial charge in [-0.2, -0.15) is 4.98 Å². The molecule has 0 bridgehead atoms. The van der Waals surface area contributed by atoms with Crippen molar-refractivity contribution < 1.29 is 9.59 Å². The third-order valence-electron chi connectivity index (χ3n) is 6.84. The summed E-state index contributed by atoms with van der Waals surface area (Å²) in [5, 5.41) is 5.75. The van der Waals surface area contributed by atoms with E-state index < -0.39 is 0 Å². The van der Waals surface area contributed by atoms with Gasteiger partial charge >= 0.3 is 0 Å². The minimum atomic E-state index is -0.0660. The third kappa shape index (κ3) is 4.38. The van der Waals surface area contributed by atoms with Crippen LogP contribution in [0.5, 0.6) is 0 Å². The molecule has 2 amide bonds. The highest BCUT2D eigenvalue weighted by atomic mass is 16.2. The lowest BCUT2D eigenvalue weighted by Crippen LogP contribution is -2.48. The predicted octanol–water partition coefficient (Wildman–Crippen LogP) is 2.98. The molecule has 0 saturated carbocycles. The van der Waals surface area contributed by atoms with Gasteiger partial charge in [-0.15, -0.1) is 0 Å². The largest absolute Gasteiger partial charge is 0.364 e. The highest BCUT2D eigenvalue weighted by Gasteiger charge is 2.35. The minimum Gasteiger partial charge on any atom is -0.364 e. The number of aryl methyl sites for hydroxylation is 1. The Kier molecular flexibility index (Phi) is 6.00. The maximum absolute atomic E-state index is 13.2. The molecular weight excluding hydrogens is 442 g/mol. The first-order valence-corrected chi connectivity index (χ1v) is 12.1. The zero-order chi connectivity index (χ0) is 24.7. The van der Waals surface area contributed by atoms with E-state index in [-0.39, 0.29) is 17.9 Å². The zero-order valence-corrected chi connectivity index (χ0v) is 20.7. The Morgan fingerprint density at radius 2 is 1.83 bits per heavy atom. The van der Waals surface area contributed by atoms with E-state index in [2.05, 4.69) is 28.4 Å². The second kappa shape index (κ2) is 9.13. The van der Waals surface area contributed by atoms with Crippen LogP contribution in [0, 0.1) is 6.92 Å². The van der Waals surface area contributed by atoms with Crippen LogP contribution in [0.3, 0.4) is 0 Å². The summed E-state index contributed by atoms with van der Waals surface area (Å²) in [4.78, 5) is 44.9. The number of piperazine rings is 1. The number of carbonyl (C=O) groups excluding carboxylic acids is 2. The molecule has 2 aromatic heterocycles. The first kappa shape index (κ1) is 23.0. The second-order valence-corrected chi connectivity index (χ2v) is 9.49. The fourth-order valence-corrected chi connectivity index (χ4v) is 4.81. The molecule has 0 atom stereocenters. The average Bonchev–Trinajstić information content (AvgIpc) is 3.19. The molecule has 4 heterocycles. The van der Waals surface area contributed by atoms with E-state index in [9.17, 15) is 9.59 Å². The van der Waals surface area contributed by atoms with E-state index in [1.54, 1.807) is 6.92 Å². The lowest BCUT2D eigenvalue weighted by molar-refractivity contribution is -0.129. The number of anilines is 2. The van der Waals surface area contributed by atoms with Gasteiger partial charge in [0.2, 0.25) is 11.9 Å². The summed E-state index contributed by atoms with van der Waals surface area (Å²) in [5.41, 5.74) is 3.18. The highest BCUT2D eigenvalue weighted by molar-refractivity contribution is 5.98. The number of nitrogens with one attached hydrogen (secondary N) is 1. The number of nitrogens with zero attached hydrogens (tertiary/aromatic N) is 6. The first-order valence-electron chi connectivity index (χ1n) is 12.1. The summed E-state index contributed by atoms with van der Waals surface area (Å²) in [7, 11) is 0. The Morgan fingerprint density at radius 1 is 1.09 bits per heavy atom. The third-order valence-corrected chi connectivity index (χ3v) is 6.84. The van der Waals surface area contributed by atoms with Gasteiger partial charge in [0, 0.05) is 55.8 Å². The average molecular weight is 474 g/mol. The number of pyridine rings is 1. The van der Waals surface area contributed by atoms with Crippen LogP contribution >= 0.6 is 0 Å². The summed E-state index contributed by atoms with van der Waals surface area (Å²) in [6.07, 6.45) is 0. The van der Waals surface area contributed by atoms with Crippen molar-refractivity contribution in [2.24, 2.45) is 0 Å². The van der Waals surface area contributed by atoms with Gasteiger partial charge in [-0.3, -0.25) is 14.6 Å². The lowest BCUT2D eigenvalue weighted by Gasteiger charge is -2.34. The Morgan fingerprint density at radius 3 is 2.54 bits per heavy atom. The molecule has 5 rings (SSSR count). The molecule has 0 aliphatic carbocycles. The molecule has 0 radical (unpaired) electrons. The highest BCUT2D eigenvalue weighted by Crippen LogP contribution is 2.31. The van der Waals surface area contributed by atoms with Crippen molar-refractivity contribution in [1.29, 1.82) is 0 Å². The maximum Gasteiger partial charge on any atom is 0.273 e. The van der Waals surface area contributed by atoms with Gasteiger partial charge in [-0.05, 0) is 32.2 Å². The van der Waals surface area contributed by atoms with Crippen LogP contribution in [-0.2, 0) is 17.9 Å². The number of amides is 2. The molecule has 2 aliphatic rings. The molecule has 3 aromatic rings. The lowest BCUT2D eigenvalue weighted by atomic mass is 10.1. The van der Waals surface area contributed by atoms with Crippen LogP contribution in [-0.4, -0.2) is 68.8 Å². The van der Waals surface area contributed by atoms with Crippen molar-refractivity contribution in [2.75, 3.05) is 36.4 Å². The SMILES string of the molecule is CC(=O)N1CCN(c2nc(NCc3cc4ccccc4c(C)n3)c3c(n2)C(=O)N(C(C)C)C3)CC1. The molecule has 182 valence electrons. The monoisotopic (exact) mass is 473 g/mol. The Labute approximate surface area is 205 Å². The van der Waals surface area contributed by atoms with Crippen molar-refractivity contribution in [2.45, 2.75) is 46.8 Å². The van der Waals surface area contributed by atoms with Crippen molar-refractivity contribution in [1.82, 2.24) is 24.8 Å². The van der Waals surface area contributed by atoms with Crippen LogP contribution in [0.4, 0.5) is 11.8 Å². The van der Waals surface area contributed by atoms with E-state index in [0.717, 1.165) is 27.7 Å². The van der Waals surface area contributed by atoms with Crippen LogP contribution in [0.15, 0.2) is 30.3 Å². The standard InChI is InChI=1S/C26H31N7O2/c1-16(2)33-15-22-23(25(33)35)29-26(32-11-9-31(10-12-32)18(4)34)30-24(22)27-14-20-13-19-7-5-6-8-21(19)17(3)28-20/h5-8,13,16H,9-12,14-15H2,1-4H3,(H,27,29,30). The Hall–Kier alpha value is -3.75. The van der Waals surface area contributed by atoms with Gasteiger partial charge in [-0.1, -0.05) is 24.3 Å². The van der Waals surface area contributed by atoms with Crippen LogP contribution < -0.4 is 10.2 Å². The van der Waals surface area contributed by atoms with Crippen molar-refractivity contribution in [3.63, 3.8) is 0 Å².